The fourth-order valence-corrected chi connectivity index (χ4v) is 6.20. The summed E-state index contributed by atoms with van der Waals surface area (Å²) in [7, 11) is 0. The van der Waals surface area contributed by atoms with Crippen LogP contribution in [0.2, 0.25) is 0 Å². The lowest BCUT2D eigenvalue weighted by molar-refractivity contribution is 0.00854. The van der Waals surface area contributed by atoms with Crippen LogP contribution in [0.5, 0.6) is 0 Å². The quantitative estimate of drug-likeness (QED) is 0.420. The molecule has 7 nitrogen and oxygen atoms in total. The number of nitrogens with zero attached hydrogens (tertiary/aromatic N) is 5. The first kappa shape index (κ1) is 22.3. The van der Waals surface area contributed by atoms with Crippen molar-refractivity contribution in [2.45, 2.75) is 6.04 Å². The Kier molecular flexibility index (Phi) is 5.79. The van der Waals surface area contributed by atoms with E-state index in [9.17, 15) is 14.0 Å². The van der Waals surface area contributed by atoms with E-state index in [2.05, 4.69) is 14.9 Å². The Morgan fingerprint density at radius 1 is 0.971 bits per heavy atom. The second kappa shape index (κ2) is 9.10. The smallest absolute Gasteiger partial charge is 0.282 e. The van der Waals surface area contributed by atoms with E-state index in [0.29, 0.717) is 42.8 Å². The zero-order valence-electron chi connectivity index (χ0n) is 18.8. The molecular formula is C25H22FN5O2S2. The Balaban J connectivity index is 1.06. The molecule has 4 heterocycles. The fraction of sp³-hybridized carbons (Fsp3) is 0.280. The van der Waals surface area contributed by atoms with Gasteiger partial charge >= 0.3 is 0 Å². The van der Waals surface area contributed by atoms with Crippen LogP contribution in [0.1, 0.15) is 20.2 Å². The van der Waals surface area contributed by atoms with Gasteiger partial charge in [0.1, 0.15) is 10.8 Å². The van der Waals surface area contributed by atoms with Gasteiger partial charge in [0.2, 0.25) is 0 Å². The molecule has 2 aliphatic heterocycles. The number of benzene rings is 2. The zero-order valence-corrected chi connectivity index (χ0v) is 20.4. The van der Waals surface area contributed by atoms with Crippen molar-refractivity contribution in [1.29, 1.82) is 0 Å². The molecule has 6 rings (SSSR count). The molecule has 2 aliphatic rings. The molecule has 178 valence electrons. The third-order valence-corrected chi connectivity index (χ3v) is 8.42. The minimum absolute atomic E-state index is 0.00378. The predicted octanol–water partition coefficient (Wildman–Crippen LogP) is 3.84. The summed E-state index contributed by atoms with van der Waals surface area (Å²) in [6.07, 6.45) is 1.66. The molecule has 0 unspecified atom stereocenters. The fourth-order valence-electron chi connectivity index (χ4n) is 4.59. The first-order valence-electron chi connectivity index (χ1n) is 11.4. The molecule has 2 fully saturated rings. The highest BCUT2D eigenvalue weighted by Crippen LogP contribution is 2.31. The van der Waals surface area contributed by atoms with Gasteiger partial charge in [-0.1, -0.05) is 12.1 Å². The minimum atomic E-state index is -0.294. The van der Waals surface area contributed by atoms with Crippen LogP contribution in [0, 0.1) is 5.82 Å². The van der Waals surface area contributed by atoms with Gasteiger partial charge in [0, 0.05) is 68.0 Å². The molecule has 4 aromatic rings. The molecule has 0 saturated carbocycles. The van der Waals surface area contributed by atoms with Gasteiger partial charge in [0.15, 0.2) is 5.01 Å². The highest BCUT2D eigenvalue weighted by molar-refractivity contribution is 7.21. The van der Waals surface area contributed by atoms with Crippen molar-refractivity contribution in [3.05, 3.63) is 70.4 Å². The molecule has 0 N–H and O–H groups in total. The first-order valence-corrected chi connectivity index (χ1v) is 13.1. The number of halogens is 1. The topological polar surface area (TPSA) is 69.6 Å². The summed E-state index contributed by atoms with van der Waals surface area (Å²) in [5.74, 6) is -0.275. The van der Waals surface area contributed by atoms with Crippen molar-refractivity contribution in [2.75, 3.05) is 39.3 Å². The van der Waals surface area contributed by atoms with Gasteiger partial charge in [-0.05, 0) is 30.3 Å². The van der Waals surface area contributed by atoms with Crippen molar-refractivity contribution in [3.63, 3.8) is 0 Å². The second-order valence-electron chi connectivity index (χ2n) is 8.74. The Morgan fingerprint density at radius 2 is 1.80 bits per heavy atom. The van der Waals surface area contributed by atoms with Crippen molar-refractivity contribution in [1.82, 2.24) is 24.7 Å². The third-order valence-electron chi connectivity index (χ3n) is 6.59. The van der Waals surface area contributed by atoms with E-state index >= 15 is 0 Å². The maximum absolute atomic E-state index is 13.6. The molecule has 0 atom stereocenters. The molecule has 35 heavy (non-hydrogen) atoms. The number of hydrogen-bond acceptors (Lipinski definition) is 7. The Morgan fingerprint density at radius 3 is 2.54 bits per heavy atom. The molecule has 2 saturated heterocycles. The van der Waals surface area contributed by atoms with Crippen molar-refractivity contribution in [3.8, 4) is 10.6 Å². The van der Waals surface area contributed by atoms with Crippen LogP contribution < -0.4 is 0 Å². The van der Waals surface area contributed by atoms with Crippen LogP contribution in [0.4, 0.5) is 4.39 Å². The molecule has 0 aliphatic carbocycles. The van der Waals surface area contributed by atoms with Crippen LogP contribution in [-0.2, 0) is 0 Å². The average Bonchev–Trinajstić information content (AvgIpc) is 3.53. The van der Waals surface area contributed by atoms with Gasteiger partial charge in [-0.3, -0.25) is 14.5 Å². The second-order valence-corrected chi connectivity index (χ2v) is 10.7. The highest BCUT2D eigenvalue weighted by Gasteiger charge is 2.37. The normalized spacial score (nSPS) is 17.1. The number of hydrogen-bond donors (Lipinski definition) is 0. The summed E-state index contributed by atoms with van der Waals surface area (Å²) < 4.78 is 14.5. The van der Waals surface area contributed by atoms with E-state index in [1.54, 1.807) is 12.3 Å². The van der Waals surface area contributed by atoms with Crippen LogP contribution in [0.15, 0.2) is 54.0 Å². The molecular weight excluding hydrogens is 485 g/mol. The zero-order chi connectivity index (χ0) is 23.9. The number of aromatic nitrogens is 2. The summed E-state index contributed by atoms with van der Waals surface area (Å²) in [5, 5.41) is 3.10. The standard InChI is InChI=1S/C25H22FN5O2S2/c26-18-3-1-2-16(12-18)22-28-20-5-4-17(13-21(20)35-22)24(32)31-14-19(15-31)29-7-9-30(10-8-29)25(33)23-27-6-11-34-23/h1-6,11-13,19H,7-10,14-15H2. The van der Waals surface area contributed by atoms with Crippen LogP contribution in [-0.4, -0.2) is 81.8 Å². The molecule has 10 heteroatoms. The van der Waals surface area contributed by atoms with E-state index in [0.717, 1.165) is 33.9 Å². The molecule has 2 amide bonds. The van der Waals surface area contributed by atoms with Gasteiger partial charge in [-0.25, -0.2) is 14.4 Å². The lowest BCUT2D eigenvalue weighted by Gasteiger charge is -2.48. The summed E-state index contributed by atoms with van der Waals surface area (Å²) in [6.45, 7) is 4.35. The number of piperazine rings is 1. The highest BCUT2D eigenvalue weighted by atomic mass is 32.1. The number of thiazole rings is 2. The van der Waals surface area contributed by atoms with Crippen molar-refractivity contribution in [2.24, 2.45) is 0 Å². The van der Waals surface area contributed by atoms with Gasteiger partial charge in [0.05, 0.1) is 10.2 Å². The summed E-state index contributed by atoms with van der Waals surface area (Å²) in [5.41, 5.74) is 2.18. The first-order chi connectivity index (χ1) is 17.0. The van der Waals surface area contributed by atoms with Crippen LogP contribution in [0.25, 0.3) is 20.8 Å². The van der Waals surface area contributed by atoms with Gasteiger partial charge < -0.3 is 9.80 Å². The molecule has 0 bridgehead atoms. The number of carbonyl (C=O) groups excluding carboxylic acids is 2. The monoisotopic (exact) mass is 507 g/mol. The summed E-state index contributed by atoms with van der Waals surface area (Å²) in [4.78, 5) is 40.4. The summed E-state index contributed by atoms with van der Waals surface area (Å²) >= 11 is 2.83. The van der Waals surface area contributed by atoms with Crippen molar-refractivity contribution >= 4 is 44.7 Å². The largest absolute Gasteiger partial charge is 0.335 e. The van der Waals surface area contributed by atoms with Crippen molar-refractivity contribution < 1.29 is 14.0 Å². The van der Waals surface area contributed by atoms with E-state index in [-0.39, 0.29) is 17.6 Å². The Bertz CT molecular complexity index is 1390. The average molecular weight is 508 g/mol. The van der Waals surface area contributed by atoms with Crippen LogP contribution >= 0.6 is 22.7 Å². The maximum atomic E-state index is 13.6. The minimum Gasteiger partial charge on any atom is -0.335 e. The number of amides is 2. The predicted molar refractivity (Wildman–Crippen MR) is 134 cm³/mol. The Labute approximate surface area is 209 Å². The lowest BCUT2D eigenvalue weighted by atomic mass is 10.0. The lowest BCUT2D eigenvalue weighted by Crippen LogP contribution is -2.64. The number of likely N-dealkylation sites (tertiary alicyclic amines) is 1. The van der Waals surface area contributed by atoms with E-state index in [1.807, 2.05) is 39.4 Å². The molecule has 2 aromatic carbocycles. The Hall–Kier alpha value is -3.21. The number of fused-ring (bicyclic) bond motifs is 1. The third kappa shape index (κ3) is 4.33. The summed E-state index contributed by atoms with van der Waals surface area (Å²) in [6, 6.07) is 12.3. The van der Waals surface area contributed by atoms with Gasteiger partial charge in [-0.2, -0.15) is 0 Å². The van der Waals surface area contributed by atoms with E-state index < -0.39 is 0 Å². The SMILES string of the molecule is O=C(c1ccc2nc(-c3cccc(F)c3)sc2c1)N1CC(N2CCN(C(=O)c3nccs3)CC2)C1. The molecule has 0 spiro atoms. The number of rotatable bonds is 4. The molecule has 0 radical (unpaired) electrons. The molecule has 2 aromatic heterocycles. The van der Waals surface area contributed by atoms with Crippen LogP contribution in [0.3, 0.4) is 0 Å². The van der Waals surface area contributed by atoms with Gasteiger partial charge in [0.25, 0.3) is 11.8 Å². The maximum Gasteiger partial charge on any atom is 0.282 e. The van der Waals surface area contributed by atoms with Gasteiger partial charge in [-0.15, -0.1) is 22.7 Å². The van der Waals surface area contributed by atoms with E-state index in [4.69, 9.17) is 0 Å². The van der Waals surface area contributed by atoms with E-state index in [1.165, 1.54) is 34.8 Å². The number of carbonyl (C=O) groups is 2.